The van der Waals surface area contributed by atoms with E-state index in [1.165, 1.54) is 10.4 Å². The second-order valence-corrected chi connectivity index (χ2v) is 7.36. The van der Waals surface area contributed by atoms with Gasteiger partial charge in [-0.3, -0.25) is 4.31 Å². The van der Waals surface area contributed by atoms with Gasteiger partial charge in [-0.2, -0.15) is 0 Å². The Morgan fingerprint density at radius 2 is 1.70 bits per heavy atom. The van der Waals surface area contributed by atoms with Gasteiger partial charge in [-0.15, -0.1) is 0 Å². The monoisotopic (exact) mass is 332 g/mol. The van der Waals surface area contributed by atoms with E-state index in [-0.39, 0.29) is 11.7 Å². The molecule has 0 atom stereocenters. The summed E-state index contributed by atoms with van der Waals surface area (Å²) in [5.74, 6) is 1.04. The zero-order valence-electron chi connectivity index (χ0n) is 12.6. The smallest absolute Gasteiger partial charge is 0.264 e. The van der Waals surface area contributed by atoms with E-state index in [4.69, 9.17) is 9.47 Å². The Morgan fingerprint density at radius 3 is 2.52 bits per heavy atom. The summed E-state index contributed by atoms with van der Waals surface area (Å²) in [6.07, 6.45) is 0. The number of nitrogens with zero attached hydrogens (tertiary/aromatic N) is 2. The largest absolute Gasteiger partial charge is 0.454 e. The van der Waals surface area contributed by atoms with Gasteiger partial charge in [0, 0.05) is 19.7 Å². The molecule has 0 aliphatic carbocycles. The lowest BCUT2D eigenvalue weighted by Gasteiger charge is -2.36. The molecule has 23 heavy (non-hydrogen) atoms. The molecule has 0 unspecified atom stereocenters. The van der Waals surface area contributed by atoms with E-state index >= 15 is 0 Å². The van der Waals surface area contributed by atoms with Gasteiger partial charge < -0.3 is 14.4 Å². The minimum atomic E-state index is -3.65. The summed E-state index contributed by atoms with van der Waals surface area (Å²) >= 11 is 0. The number of hydrogen-bond donors (Lipinski definition) is 0. The predicted molar refractivity (Wildman–Crippen MR) is 86.8 cm³/mol. The minimum absolute atomic E-state index is 0.121. The molecule has 2 aliphatic rings. The van der Waals surface area contributed by atoms with Crippen LogP contribution in [0.2, 0.25) is 0 Å². The minimum Gasteiger partial charge on any atom is -0.454 e. The number of anilines is 2. The molecular formula is C16H16N2O4S. The summed E-state index contributed by atoms with van der Waals surface area (Å²) < 4.78 is 38.1. The molecule has 6 nitrogen and oxygen atoms in total. The van der Waals surface area contributed by atoms with E-state index in [0.29, 0.717) is 30.3 Å². The van der Waals surface area contributed by atoms with E-state index in [1.807, 2.05) is 31.3 Å². The number of benzene rings is 2. The van der Waals surface area contributed by atoms with Gasteiger partial charge in [-0.25, -0.2) is 8.42 Å². The molecule has 0 N–H and O–H groups in total. The van der Waals surface area contributed by atoms with Gasteiger partial charge in [0.1, 0.15) is 0 Å². The molecule has 0 aromatic heterocycles. The van der Waals surface area contributed by atoms with Crippen LogP contribution in [0.25, 0.3) is 0 Å². The van der Waals surface area contributed by atoms with Crippen LogP contribution >= 0.6 is 0 Å². The molecule has 4 rings (SSSR count). The highest BCUT2D eigenvalue weighted by Gasteiger charge is 2.31. The van der Waals surface area contributed by atoms with E-state index in [9.17, 15) is 8.42 Å². The van der Waals surface area contributed by atoms with Gasteiger partial charge in [-0.05, 0) is 24.3 Å². The Morgan fingerprint density at radius 1 is 0.957 bits per heavy atom. The fourth-order valence-corrected chi connectivity index (χ4v) is 4.38. The maximum absolute atomic E-state index is 13.1. The zero-order chi connectivity index (χ0) is 16.0. The van der Waals surface area contributed by atoms with Gasteiger partial charge in [-0.1, -0.05) is 12.1 Å². The maximum Gasteiger partial charge on any atom is 0.264 e. The second kappa shape index (κ2) is 5.06. The highest BCUT2D eigenvalue weighted by Crippen LogP contribution is 2.38. The first-order chi connectivity index (χ1) is 11.1. The van der Waals surface area contributed by atoms with Gasteiger partial charge in [0.05, 0.1) is 22.8 Å². The Balaban J connectivity index is 1.79. The van der Waals surface area contributed by atoms with Crippen LogP contribution in [0, 0.1) is 0 Å². The number of ether oxygens (including phenoxy) is 2. The normalized spacial score (nSPS) is 16.4. The third-order valence-corrected chi connectivity index (χ3v) is 5.94. The van der Waals surface area contributed by atoms with Crippen molar-refractivity contribution in [2.45, 2.75) is 4.90 Å². The van der Waals surface area contributed by atoms with Gasteiger partial charge in [0.2, 0.25) is 6.79 Å². The fourth-order valence-electron chi connectivity index (χ4n) is 2.89. The molecule has 0 saturated heterocycles. The molecule has 0 bridgehead atoms. The van der Waals surface area contributed by atoms with Crippen molar-refractivity contribution >= 4 is 21.4 Å². The lowest BCUT2D eigenvalue weighted by Crippen LogP contribution is -2.42. The van der Waals surface area contributed by atoms with Crippen molar-refractivity contribution in [2.24, 2.45) is 0 Å². The van der Waals surface area contributed by atoms with Gasteiger partial charge >= 0.3 is 0 Å². The van der Waals surface area contributed by atoms with Crippen molar-refractivity contribution in [3.05, 3.63) is 42.5 Å². The summed E-state index contributed by atoms with van der Waals surface area (Å²) in [5, 5.41) is 0. The van der Waals surface area contributed by atoms with E-state index < -0.39 is 10.0 Å². The molecule has 2 aliphatic heterocycles. The Labute approximate surface area is 134 Å². The lowest BCUT2D eigenvalue weighted by molar-refractivity contribution is 0.174. The Hall–Kier alpha value is -2.41. The van der Waals surface area contributed by atoms with Crippen molar-refractivity contribution in [1.82, 2.24) is 0 Å². The van der Waals surface area contributed by atoms with E-state index in [2.05, 4.69) is 4.90 Å². The number of hydrogen-bond acceptors (Lipinski definition) is 5. The first kappa shape index (κ1) is 14.2. The molecule has 0 spiro atoms. The molecule has 0 amide bonds. The van der Waals surface area contributed by atoms with Crippen molar-refractivity contribution in [3.63, 3.8) is 0 Å². The molecule has 7 heteroatoms. The van der Waals surface area contributed by atoms with Crippen LogP contribution in [0.4, 0.5) is 11.4 Å². The van der Waals surface area contributed by atoms with Gasteiger partial charge in [0.15, 0.2) is 11.5 Å². The number of fused-ring (bicyclic) bond motifs is 2. The number of sulfonamides is 1. The van der Waals surface area contributed by atoms with Crippen LogP contribution < -0.4 is 18.7 Å². The van der Waals surface area contributed by atoms with Crippen LogP contribution in [0.3, 0.4) is 0 Å². The summed E-state index contributed by atoms with van der Waals surface area (Å²) in [6.45, 7) is 1.17. The molecule has 120 valence electrons. The third kappa shape index (κ3) is 2.19. The second-order valence-electron chi connectivity index (χ2n) is 5.50. The molecule has 0 radical (unpaired) electrons. The van der Waals surface area contributed by atoms with Crippen LogP contribution in [-0.2, 0) is 10.0 Å². The molecule has 2 heterocycles. The van der Waals surface area contributed by atoms with Crippen molar-refractivity contribution in [2.75, 3.05) is 36.1 Å². The Kier molecular flexibility index (Phi) is 3.12. The SMILES string of the molecule is CN1CCN(S(=O)(=O)c2ccc3c(c2)OCO3)c2ccccc21. The molecule has 2 aromatic carbocycles. The van der Waals surface area contributed by atoms with Crippen LogP contribution in [0.1, 0.15) is 0 Å². The highest BCUT2D eigenvalue weighted by atomic mass is 32.2. The first-order valence-electron chi connectivity index (χ1n) is 7.30. The zero-order valence-corrected chi connectivity index (χ0v) is 13.4. The maximum atomic E-state index is 13.1. The lowest BCUT2D eigenvalue weighted by atomic mass is 10.2. The topological polar surface area (TPSA) is 59.1 Å². The van der Waals surface area contributed by atoms with Crippen LogP contribution in [0.5, 0.6) is 11.5 Å². The summed E-state index contributed by atoms with van der Waals surface area (Å²) in [4.78, 5) is 2.27. The number of likely N-dealkylation sites (N-methyl/N-ethyl adjacent to an activating group) is 1. The highest BCUT2D eigenvalue weighted by molar-refractivity contribution is 7.92. The van der Waals surface area contributed by atoms with Crippen molar-refractivity contribution in [3.8, 4) is 11.5 Å². The summed E-state index contributed by atoms with van der Waals surface area (Å²) in [6, 6.07) is 12.2. The fraction of sp³-hybridized carbons (Fsp3) is 0.250. The summed E-state index contributed by atoms with van der Waals surface area (Å²) in [7, 11) is -1.69. The molecule has 0 saturated carbocycles. The first-order valence-corrected chi connectivity index (χ1v) is 8.74. The molecular weight excluding hydrogens is 316 g/mol. The molecule has 2 aromatic rings. The number of para-hydroxylation sites is 2. The van der Waals surface area contributed by atoms with Gasteiger partial charge in [0.25, 0.3) is 10.0 Å². The third-order valence-electron chi connectivity index (χ3n) is 4.13. The average Bonchev–Trinajstić information content (AvgIpc) is 3.03. The Bertz CT molecular complexity index is 866. The standard InChI is InChI=1S/C16H16N2O4S/c1-17-8-9-18(14-5-3-2-4-13(14)17)23(19,20)12-6-7-15-16(10-12)22-11-21-15/h2-7,10H,8-9,11H2,1H3. The molecule has 0 fully saturated rings. The predicted octanol–water partition coefficient (Wildman–Crippen LogP) is 2.06. The average molecular weight is 332 g/mol. The van der Waals surface area contributed by atoms with Crippen molar-refractivity contribution < 1.29 is 17.9 Å². The summed E-state index contributed by atoms with van der Waals surface area (Å²) in [5.41, 5.74) is 1.60. The van der Waals surface area contributed by atoms with Crippen molar-refractivity contribution in [1.29, 1.82) is 0 Å². The van der Waals surface area contributed by atoms with E-state index in [0.717, 1.165) is 5.69 Å². The quantitative estimate of drug-likeness (QED) is 0.842. The van der Waals surface area contributed by atoms with E-state index in [1.54, 1.807) is 12.1 Å². The van der Waals surface area contributed by atoms with Crippen LogP contribution in [-0.4, -0.2) is 35.3 Å². The number of rotatable bonds is 2. The van der Waals surface area contributed by atoms with Crippen LogP contribution in [0.15, 0.2) is 47.4 Å².